The predicted molar refractivity (Wildman–Crippen MR) is 65.0 cm³/mol. The number of thiocarbonyl (C=S) groups is 1. The molecule has 86 valence electrons. The number of ether oxygens (including phenoxy) is 1. The topological polar surface area (TPSA) is 38.5 Å². The summed E-state index contributed by atoms with van der Waals surface area (Å²) >= 11 is 5.10. The minimum atomic E-state index is 0.325. The van der Waals surface area contributed by atoms with E-state index < -0.39 is 0 Å². The highest BCUT2D eigenvalue weighted by Crippen LogP contribution is 2.21. The van der Waals surface area contributed by atoms with Crippen LogP contribution in [0, 0.1) is 0 Å². The fourth-order valence-electron chi connectivity index (χ4n) is 2.58. The zero-order chi connectivity index (χ0) is 10.7. The normalized spacial score (nSPS) is 33.1. The molecule has 2 aliphatic rings. The zero-order valence-electron chi connectivity index (χ0n) is 9.15. The predicted octanol–water partition coefficient (Wildman–Crippen LogP) is 1.31. The van der Waals surface area contributed by atoms with Gasteiger partial charge in [-0.05, 0) is 38.6 Å². The van der Waals surface area contributed by atoms with Crippen molar-refractivity contribution in [2.24, 2.45) is 5.73 Å². The van der Waals surface area contributed by atoms with Gasteiger partial charge < -0.3 is 10.5 Å². The van der Waals surface area contributed by atoms with Crippen LogP contribution in [-0.2, 0) is 4.74 Å². The molecule has 2 heterocycles. The van der Waals surface area contributed by atoms with E-state index in [-0.39, 0.29) is 0 Å². The quantitative estimate of drug-likeness (QED) is 0.739. The lowest BCUT2D eigenvalue weighted by atomic mass is 10.1. The Morgan fingerprint density at radius 2 is 2.20 bits per heavy atom. The van der Waals surface area contributed by atoms with Crippen LogP contribution >= 0.6 is 12.2 Å². The molecular formula is C11H20N2OS. The van der Waals surface area contributed by atoms with E-state index in [0.29, 0.717) is 17.1 Å². The first kappa shape index (κ1) is 11.3. The summed E-state index contributed by atoms with van der Waals surface area (Å²) in [6, 6.07) is 0.325. The highest BCUT2D eigenvalue weighted by atomic mass is 32.1. The molecule has 2 N–H and O–H groups in total. The van der Waals surface area contributed by atoms with E-state index in [2.05, 4.69) is 4.90 Å². The Balaban J connectivity index is 1.84. The largest absolute Gasteiger partial charge is 0.392 e. The second-order valence-electron chi connectivity index (χ2n) is 4.54. The molecule has 0 amide bonds. The molecule has 0 aromatic heterocycles. The maximum atomic E-state index is 5.74. The third-order valence-corrected chi connectivity index (χ3v) is 3.68. The van der Waals surface area contributed by atoms with Gasteiger partial charge in [-0.1, -0.05) is 12.2 Å². The molecule has 2 rings (SSSR count). The summed E-state index contributed by atoms with van der Waals surface area (Å²) in [6.07, 6.45) is 6.47. The third kappa shape index (κ3) is 2.89. The van der Waals surface area contributed by atoms with Crippen LogP contribution in [0.5, 0.6) is 0 Å². The molecule has 0 bridgehead atoms. The standard InChI is InChI=1S/C11H20N2OS/c12-11(15)10-5-3-6-13(10)8-9-4-1-2-7-14-9/h9-10H,1-8H2,(H2,12,15). The molecule has 0 spiro atoms. The Morgan fingerprint density at radius 3 is 2.87 bits per heavy atom. The molecule has 2 atom stereocenters. The second-order valence-corrected chi connectivity index (χ2v) is 5.02. The van der Waals surface area contributed by atoms with Crippen LogP contribution in [-0.4, -0.2) is 41.7 Å². The van der Waals surface area contributed by atoms with Gasteiger partial charge in [0.05, 0.1) is 17.1 Å². The molecule has 2 unspecified atom stereocenters. The van der Waals surface area contributed by atoms with Crippen LogP contribution in [0.3, 0.4) is 0 Å². The van der Waals surface area contributed by atoms with Crippen molar-refractivity contribution in [3.8, 4) is 0 Å². The van der Waals surface area contributed by atoms with Crippen LogP contribution in [0.1, 0.15) is 32.1 Å². The molecule has 0 aromatic carbocycles. The van der Waals surface area contributed by atoms with Crippen LogP contribution < -0.4 is 5.73 Å². The molecule has 3 nitrogen and oxygen atoms in total. The van der Waals surface area contributed by atoms with Crippen molar-refractivity contribution in [2.75, 3.05) is 19.7 Å². The van der Waals surface area contributed by atoms with Gasteiger partial charge in [0.25, 0.3) is 0 Å². The van der Waals surface area contributed by atoms with E-state index >= 15 is 0 Å². The van der Waals surface area contributed by atoms with Gasteiger partial charge in [-0.25, -0.2) is 0 Å². The molecule has 0 aliphatic carbocycles. The Bertz CT molecular complexity index is 229. The van der Waals surface area contributed by atoms with Crippen molar-refractivity contribution < 1.29 is 4.74 Å². The van der Waals surface area contributed by atoms with Gasteiger partial charge >= 0.3 is 0 Å². The summed E-state index contributed by atoms with van der Waals surface area (Å²) in [5, 5.41) is 0. The van der Waals surface area contributed by atoms with E-state index in [1.54, 1.807) is 0 Å². The van der Waals surface area contributed by atoms with Gasteiger partial charge in [0.2, 0.25) is 0 Å². The lowest BCUT2D eigenvalue weighted by Gasteiger charge is -2.30. The average molecular weight is 228 g/mol. The Morgan fingerprint density at radius 1 is 1.33 bits per heavy atom. The van der Waals surface area contributed by atoms with Crippen molar-refractivity contribution in [3.63, 3.8) is 0 Å². The molecule has 15 heavy (non-hydrogen) atoms. The number of rotatable bonds is 3. The van der Waals surface area contributed by atoms with Gasteiger partial charge in [-0.3, -0.25) is 4.90 Å². The van der Waals surface area contributed by atoms with Crippen LogP contribution in [0.25, 0.3) is 0 Å². The first-order valence-corrected chi connectivity index (χ1v) is 6.33. The molecule has 0 radical (unpaired) electrons. The molecular weight excluding hydrogens is 208 g/mol. The van der Waals surface area contributed by atoms with E-state index in [1.165, 1.54) is 25.7 Å². The molecule has 2 aliphatic heterocycles. The van der Waals surface area contributed by atoms with Gasteiger partial charge in [-0.15, -0.1) is 0 Å². The first-order chi connectivity index (χ1) is 7.27. The summed E-state index contributed by atoms with van der Waals surface area (Å²) in [4.78, 5) is 3.06. The SMILES string of the molecule is NC(=S)C1CCCN1CC1CCCCO1. The second kappa shape index (κ2) is 5.23. The number of nitrogens with zero attached hydrogens (tertiary/aromatic N) is 1. The highest BCUT2D eigenvalue weighted by molar-refractivity contribution is 7.80. The minimum Gasteiger partial charge on any atom is -0.392 e. The number of hydrogen-bond donors (Lipinski definition) is 1. The van der Waals surface area contributed by atoms with E-state index in [9.17, 15) is 0 Å². The Kier molecular flexibility index (Phi) is 3.94. The number of likely N-dealkylation sites (tertiary alicyclic amines) is 1. The third-order valence-electron chi connectivity index (χ3n) is 3.40. The van der Waals surface area contributed by atoms with E-state index in [1.807, 2.05) is 0 Å². The summed E-state index contributed by atoms with van der Waals surface area (Å²) in [5.41, 5.74) is 5.74. The minimum absolute atomic E-state index is 0.325. The van der Waals surface area contributed by atoms with Gasteiger partial charge in [0.1, 0.15) is 0 Å². The molecule has 2 fully saturated rings. The molecule has 0 saturated carbocycles. The monoisotopic (exact) mass is 228 g/mol. The summed E-state index contributed by atoms with van der Waals surface area (Å²) in [6.45, 7) is 3.07. The zero-order valence-corrected chi connectivity index (χ0v) is 9.97. The fourth-order valence-corrected chi connectivity index (χ4v) is 2.85. The van der Waals surface area contributed by atoms with Gasteiger partial charge in [0, 0.05) is 13.2 Å². The maximum Gasteiger partial charge on any atom is 0.0902 e. The average Bonchev–Trinajstić information content (AvgIpc) is 2.67. The molecule has 4 heteroatoms. The number of hydrogen-bond acceptors (Lipinski definition) is 3. The number of nitrogens with two attached hydrogens (primary N) is 1. The summed E-state index contributed by atoms with van der Waals surface area (Å²) in [7, 11) is 0. The molecule has 0 aromatic rings. The van der Waals surface area contributed by atoms with Crippen molar-refractivity contribution >= 4 is 17.2 Å². The maximum absolute atomic E-state index is 5.74. The lowest BCUT2D eigenvalue weighted by molar-refractivity contribution is -0.00431. The molecule has 2 saturated heterocycles. The Hall–Kier alpha value is -0.190. The van der Waals surface area contributed by atoms with Crippen LogP contribution in [0.2, 0.25) is 0 Å². The lowest BCUT2D eigenvalue weighted by Crippen LogP contribution is -2.44. The van der Waals surface area contributed by atoms with Crippen molar-refractivity contribution in [1.82, 2.24) is 4.90 Å². The van der Waals surface area contributed by atoms with Crippen molar-refractivity contribution in [2.45, 2.75) is 44.2 Å². The fraction of sp³-hybridized carbons (Fsp3) is 0.909. The van der Waals surface area contributed by atoms with Crippen molar-refractivity contribution in [1.29, 1.82) is 0 Å². The Labute approximate surface area is 96.9 Å². The first-order valence-electron chi connectivity index (χ1n) is 5.92. The van der Waals surface area contributed by atoms with Crippen LogP contribution in [0.4, 0.5) is 0 Å². The summed E-state index contributed by atoms with van der Waals surface area (Å²) < 4.78 is 5.74. The van der Waals surface area contributed by atoms with E-state index in [0.717, 1.165) is 26.1 Å². The van der Waals surface area contributed by atoms with E-state index in [4.69, 9.17) is 22.7 Å². The van der Waals surface area contributed by atoms with Gasteiger partial charge in [0.15, 0.2) is 0 Å². The van der Waals surface area contributed by atoms with Crippen LogP contribution in [0.15, 0.2) is 0 Å². The summed E-state index contributed by atoms with van der Waals surface area (Å²) in [5.74, 6) is 0. The smallest absolute Gasteiger partial charge is 0.0902 e. The van der Waals surface area contributed by atoms with Gasteiger partial charge in [-0.2, -0.15) is 0 Å². The van der Waals surface area contributed by atoms with Crippen molar-refractivity contribution in [3.05, 3.63) is 0 Å². The highest BCUT2D eigenvalue weighted by Gasteiger charge is 2.29.